The number of halogens is 1. The largest absolute Gasteiger partial charge is 0.491 e. The van der Waals surface area contributed by atoms with E-state index in [2.05, 4.69) is 10.3 Å². The highest BCUT2D eigenvalue weighted by atomic mass is 19.1. The monoisotopic (exact) mass is 441 g/mol. The molecule has 7 nitrogen and oxygen atoms in total. The Hall–Kier alpha value is -2.68. The molecule has 1 aliphatic carbocycles. The minimum Gasteiger partial charge on any atom is -0.491 e. The fourth-order valence-electron chi connectivity index (χ4n) is 4.93. The quantitative estimate of drug-likeness (QED) is 0.564. The second kappa shape index (κ2) is 8.35. The summed E-state index contributed by atoms with van der Waals surface area (Å²) in [5.74, 6) is 0.296. The lowest BCUT2D eigenvalue weighted by molar-refractivity contribution is -0.0167. The van der Waals surface area contributed by atoms with E-state index >= 15 is 0 Å². The Kier molecular flexibility index (Phi) is 5.53. The van der Waals surface area contributed by atoms with Crippen molar-refractivity contribution < 1.29 is 24.1 Å². The number of hydrogen-bond acceptors (Lipinski definition) is 6. The number of aliphatic hydroxyl groups is 2. The first-order valence-corrected chi connectivity index (χ1v) is 11.1. The SMILES string of the molecule is CCOc1cc(O[C@H]2C[C@@H](n3ccc4c(C)ccnc43)[C@H](O)[C@@H]2O)c2c(c1F)CCNC2. The van der Waals surface area contributed by atoms with Gasteiger partial charge in [0.15, 0.2) is 11.6 Å². The zero-order chi connectivity index (χ0) is 22.4. The number of nitrogens with one attached hydrogen (secondary N) is 1. The van der Waals surface area contributed by atoms with Gasteiger partial charge in [-0.25, -0.2) is 9.37 Å². The second-order valence-electron chi connectivity index (χ2n) is 8.53. The van der Waals surface area contributed by atoms with E-state index in [0.29, 0.717) is 43.9 Å². The smallest absolute Gasteiger partial charge is 0.168 e. The first-order chi connectivity index (χ1) is 15.5. The van der Waals surface area contributed by atoms with Crippen LogP contribution in [0.2, 0.25) is 0 Å². The van der Waals surface area contributed by atoms with Crippen LogP contribution >= 0.6 is 0 Å². The molecule has 32 heavy (non-hydrogen) atoms. The fourth-order valence-corrected chi connectivity index (χ4v) is 4.93. The summed E-state index contributed by atoms with van der Waals surface area (Å²) in [7, 11) is 0. The van der Waals surface area contributed by atoms with Crippen molar-refractivity contribution in [2.24, 2.45) is 0 Å². The van der Waals surface area contributed by atoms with Crippen molar-refractivity contribution in [1.29, 1.82) is 0 Å². The number of aryl methyl sites for hydroxylation is 1. The standard InChI is InChI=1S/C24H28FN3O4/c1-3-31-19-11-18(16-12-26-7-5-15(16)21(19)25)32-20-10-17(22(29)23(20)30)28-9-6-14-13(2)4-8-27-24(14)28/h4,6,8-9,11,17,20,22-23,26,29-30H,3,5,7,10,12H2,1-2H3/t17-,20+,22+,23-/m1/s1. The van der Waals surface area contributed by atoms with E-state index in [1.165, 1.54) is 0 Å². The number of fused-ring (bicyclic) bond motifs is 2. The van der Waals surface area contributed by atoms with Gasteiger partial charge in [-0.2, -0.15) is 0 Å². The van der Waals surface area contributed by atoms with E-state index < -0.39 is 18.3 Å². The van der Waals surface area contributed by atoms with Crippen LogP contribution in [0.5, 0.6) is 11.5 Å². The molecule has 0 spiro atoms. The van der Waals surface area contributed by atoms with Crippen molar-refractivity contribution in [3.8, 4) is 11.5 Å². The molecule has 0 amide bonds. The van der Waals surface area contributed by atoms with Crippen LogP contribution in [0.25, 0.3) is 11.0 Å². The number of pyridine rings is 1. The molecule has 3 heterocycles. The Morgan fingerprint density at radius 3 is 2.88 bits per heavy atom. The van der Waals surface area contributed by atoms with Crippen LogP contribution < -0.4 is 14.8 Å². The number of benzene rings is 1. The zero-order valence-corrected chi connectivity index (χ0v) is 18.2. The van der Waals surface area contributed by atoms with Gasteiger partial charge >= 0.3 is 0 Å². The highest BCUT2D eigenvalue weighted by Gasteiger charge is 2.45. The maximum absolute atomic E-state index is 14.9. The van der Waals surface area contributed by atoms with Gasteiger partial charge in [-0.3, -0.25) is 0 Å². The molecule has 1 aliphatic heterocycles. The van der Waals surface area contributed by atoms with E-state index in [0.717, 1.165) is 22.2 Å². The molecule has 8 heteroatoms. The van der Waals surface area contributed by atoms with Gasteiger partial charge in [0, 0.05) is 47.9 Å². The molecule has 1 fully saturated rings. The van der Waals surface area contributed by atoms with E-state index in [1.54, 1.807) is 19.2 Å². The number of nitrogens with zero attached hydrogens (tertiary/aromatic N) is 2. The second-order valence-corrected chi connectivity index (χ2v) is 8.53. The summed E-state index contributed by atoms with van der Waals surface area (Å²) in [6.07, 6.45) is 1.82. The van der Waals surface area contributed by atoms with Crippen molar-refractivity contribution in [3.63, 3.8) is 0 Å². The zero-order valence-electron chi connectivity index (χ0n) is 18.2. The molecule has 3 N–H and O–H groups in total. The first kappa shape index (κ1) is 21.2. The van der Waals surface area contributed by atoms with Gasteiger partial charge in [-0.05, 0) is 44.5 Å². The lowest BCUT2D eigenvalue weighted by Gasteiger charge is -2.26. The Balaban J connectivity index is 1.46. The molecule has 4 atom stereocenters. The van der Waals surface area contributed by atoms with E-state index in [4.69, 9.17) is 9.47 Å². The third-order valence-corrected chi connectivity index (χ3v) is 6.63. The van der Waals surface area contributed by atoms with Crippen LogP contribution in [0.4, 0.5) is 4.39 Å². The van der Waals surface area contributed by atoms with Gasteiger partial charge in [0.25, 0.3) is 0 Å². The lowest BCUT2D eigenvalue weighted by Crippen LogP contribution is -2.35. The van der Waals surface area contributed by atoms with Crippen molar-refractivity contribution in [2.75, 3.05) is 13.2 Å². The minimum atomic E-state index is -1.09. The molecule has 170 valence electrons. The molecular formula is C24H28FN3O4. The molecule has 3 aromatic rings. The number of hydrogen-bond donors (Lipinski definition) is 3. The maximum Gasteiger partial charge on any atom is 0.168 e. The summed E-state index contributed by atoms with van der Waals surface area (Å²) < 4.78 is 28.5. The van der Waals surface area contributed by atoms with Gasteiger partial charge in [0.05, 0.1) is 12.6 Å². The van der Waals surface area contributed by atoms with E-state index in [-0.39, 0.29) is 17.6 Å². The predicted octanol–water partition coefficient (Wildman–Crippen LogP) is 2.64. The molecule has 1 aromatic carbocycles. The third-order valence-electron chi connectivity index (χ3n) is 6.63. The van der Waals surface area contributed by atoms with Crippen molar-refractivity contribution in [1.82, 2.24) is 14.9 Å². The topological polar surface area (TPSA) is 88.8 Å². The molecule has 0 bridgehead atoms. The van der Waals surface area contributed by atoms with Gasteiger partial charge < -0.3 is 29.6 Å². The lowest BCUT2D eigenvalue weighted by atomic mass is 9.98. The normalized spacial score (nSPS) is 25.2. The van der Waals surface area contributed by atoms with Crippen LogP contribution in [-0.2, 0) is 13.0 Å². The molecule has 0 radical (unpaired) electrons. The van der Waals surface area contributed by atoms with Gasteiger partial charge in [0.2, 0.25) is 0 Å². The summed E-state index contributed by atoms with van der Waals surface area (Å²) in [5, 5.41) is 25.9. The van der Waals surface area contributed by atoms with Crippen molar-refractivity contribution in [3.05, 3.63) is 53.1 Å². The maximum atomic E-state index is 14.9. The van der Waals surface area contributed by atoms with Crippen LogP contribution in [0.1, 0.15) is 36.1 Å². The summed E-state index contributed by atoms with van der Waals surface area (Å²) in [6.45, 7) is 5.32. The highest BCUT2D eigenvalue weighted by Crippen LogP contribution is 2.40. The third kappa shape index (κ3) is 3.43. The van der Waals surface area contributed by atoms with Gasteiger partial charge in [-0.15, -0.1) is 0 Å². The molecule has 0 saturated heterocycles. The predicted molar refractivity (Wildman–Crippen MR) is 118 cm³/mol. The molecular weight excluding hydrogens is 413 g/mol. The molecule has 5 rings (SSSR count). The summed E-state index contributed by atoms with van der Waals surface area (Å²) in [6, 6.07) is 5.09. The van der Waals surface area contributed by atoms with Gasteiger partial charge in [-0.1, -0.05) is 0 Å². The fraction of sp³-hybridized carbons (Fsp3) is 0.458. The molecule has 2 aromatic heterocycles. The summed E-state index contributed by atoms with van der Waals surface area (Å²) in [4.78, 5) is 4.48. The van der Waals surface area contributed by atoms with Crippen LogP contribution in [-0.4, -0.2) is 51.2 Å². The van der Waals surface area contributed by atoms with Crippen molar-refractivity contribution in [2.45, 2.75) is 57.6 Å². The first-order valence-electron chi connectivity index (χ1n) is 11.1. The molecule has 0 unspecified atom stereocenters. The van der Waals surface area contributed by atoms with E-state index in [9.17, 15) is 14.6 Å². The van der Waals surface area contributed by atoms with Crippen LogP contribution in [0, 0.1) is 12.7 Å². The average Bonchev–Trinajstić information content (AvgIpc) is 3.34. The minimum absolute atomic E-state index is 0.156. The van der Waals surface area contributed by atoms with Crippen LogP contribution in [0.3, 0.4) is 0 Å². The van der Waals surface area contributed by atoms with Crippen LogP contribution in [0.15, 0.2) is 30.6 Å². The number of rotatable bonds is 5. The molecule has 1 saturated carbocycles. The molecule has 2 aliphatic rings. The number of ether oxygens (including phenoxy) is 2. The van der Waals surface area contributed by atoms with E-state index in [1.807, 2.05) is 29.8 Å². The summed E-state index contributed by atoms with van der Waals surface area (Å²) in [5.41, 5.74) is 3.20. The average molecular weight is 442 g/mol. The summed E-state index contributed by atoms with van der Waals surface area (Å²) >= 11 is 0. The Morgan fingerprint density at radius 2 is 2.06 bits per heavy atom. The number of aliphatic hydroxyl groups excluding tert-OH is 2. The Morgan fingerprint density at radius 1 is 1.22 bits per heavy atom. The Bertz CT molecular complexity index is 1150. The highest BCUT2D eigenvalue weighted by molar-refractivity contribution is 5.79. The van der Waals surface area contributed by atoms with Gasteiger partial charge in [0.1, 0.15) is 29.7 Å². The number of aromatic nitrogens is 2. The Labute approximate surface area is 185 Å². The van der Waals surface area contributed by atoms with Crippen molar-refractivity contribution >= 4 is 11.0 Å².